The molecule has 0 aromatic heterocycles. The summed E-state index contributed by atoms with van der Waals surface area (Å²) in [6.45, 7) is 6.03. The Morgan fingerprint density at radius 1 is 1.11 bits per heavy atom. The fraction of sp³-hybridized carbons (Fsp3) is 0.500. The lowest BCUT2D eigenvalue weighted by Crippen LogP contribution is -2.23. The molecule has 5 heteroatoms. The molecule has 19 heavy (non-hydrogen) atoms. The Hall–Kier alpha value is -1.20. The van der Waals surface area contributed by atoms with Gasteiger partial charge in [-0.3, -0.25) is 4.79 Å². The summed E-state index contributed by atoms with van der Waals surface area (Å²) in [5.74, 6) is 0.0913. The Bertz CT molecular complexity index is 516. The van der Waals surface area contributed by atoms with Gasteiger partial charge in [0, 0.05) is 18.0 Å². The molecule has 0 unspecified atom stereocenters. The summed E-state index contributed by atoms with van der Waals surface area (Å²) < 4.78 is 25.9. The standard InChI is InChI=1S/C14H21NO3S/c1-4-11(5-2)14(16)12-7-9-13(10-8-12)19(17,18)15-6-3/h7-11,15H,4-6H2,1-3H3. The topological polar surface area (TPSA) is 63.2 Å². The van der Waals surface area contributed by atoms with E-state index < -0.39 is 10.0 Å². The van der Waals surface area contributed by atoms with Crippen molar-refractivity contribution in [2.45, 2.75) is 38.5 Å². The van der Waals surface area contributed by atoms with Crippen molar-refractivity contribution in [3.8, 4) is 0 Å². The first-order valence-electron chi connectivity index (χ1n) is 6.60. The maximum atomic E-state index is 12.1. The van der Waals surface area contributed by atoms with Gasteiger partial charge in [-0.2, -0.15) is 0 Å². The lowest BCUT2D eigenvalue weighted by molar-refractivity contribution is 0.0913. The van der Waals surface area contributed by atoms with Crippen LogP contribution in [0.2, 0.25) is 0 Å². The predicted molar refractivity (Wildman–Crippen MR) is 75.7 cm³/mol. The number of benzene rings is 1. The smallest absolute Gasteiger partial charge is 0.240 e. The van der Waals surface area contributed by atoms with Crippen molar-refractivity contribution in [2.75, 3.05) is 6.54 Å². The van der Waals surface area contributed by atoms with E-state index in [2.05, 4.69) is 4.72 Å². The molecule has 0 radical (unpaired) electrons. The van der Waals surface area contributed by atoms with Crippen LogP contribution in [0.1, 0.15) is 44.0 Å². The quantitative estimate of drug-likeness (QED) is 0.782. The first kappa shape index (κ1) is 15.9. The summed E-state index contributed by atoms with van der Waals surface area (Å²) in [4.78, 5) is 12.3. The zero-order chi connectivity index (χ0) is 14.5. The SMILES string of the molecule is CCNS(=O)(=O)c1ccc(C(=O)C(CC)CC)cc1. The molecule has 0 heterocycles. The average Bonchev–Trinajstić information content (AvgIpc) is 2.40. The van der Waals surface area contributed by atoms with Crippen molar-refractivity contribution in [1.82, 2.24) is 4.72 Å². The van der Waals surface area contributed by atoms with Gasteiger partial charge in [0.2, 0.25) is 10.0 Å². The number of Topliss-reactive ketones (excluding diaryl/α,β-unsaturated/α-hetero) is 1. The molecule has 1 rings (SSSR count). The van der Waals surface area contributed by atoms with Gasteiger partial charge in [0.15, 0.2) is 5.78 Å². The molecule has 0 atom stereocenters. The van der Waals surface area contributed by atoms with Crippen LogP contribution in [-0.2, 0) is 10.0 Å². The van der Waals surface area contributed by atoms with Crippen LogP contribution in [0.4, 0.5) is 0 Å². The van der Waals surface area contributed by atoms with E-state index in [0.717, 1.165) is 12.8 Å². The van der Waals surface area contributed by atoms with Crippen molar-refractivity contribution in [1.29, 1.82) is 0 Å². The Labute approximate surface area is 115 Å². The molecule has 0 aliphatic rings. The maximum Gasteiger partial charge on any atom is 0.240 e. The van der Waals surface area contributed by atoms with E-state index in [1.165, 1.54) is 12.1 Å². The number of carbonyl (C=O) groups is 1. The largest absolute Gasteiger partial charge is 0.294 e. The van der Waals surface area contributed by atoms with Crippen molar-refractivity contribution in [3.63, 3.8) is 0 Å². The lowest BCUT2D eigenvalue weighted by Gasteiger charge is -2.11. The van der Waals surface area contributed by atoms with E-state index in [-0.39, 0.29) is 16.6 Å². The van der Waals surface area contributed by atoms with E-state index in [0.29, 0.717) is 12.1 Å². The highest BCUT2D eigenvalue weighted by Crippen LogP contribution is 2.17. The summed E-state index contributed by atoms with van der Waals surface area (Å²) in [6.07, 6.45) is 1.60. The van der Waals surface area contributed by atoms with Gasteiger partial charge in [0.05, 0.1) is 4.90 Å². The summed E-state index contributed by atoms with van der Waals surface area (Å²) in [5.41, 5.74) is 0.573. The zero-order valence-corrected chi connectivity index (χ0v) is 12.5. The van der Waals surface area contributed by atoms with Crippen LogP contribution in [0.15, 0.2) is 29.2 Å². The van der Waals surface area contributed by atoms with Crippen LogP contribution in [0.25, 0.3) is 0 Å². The highest BCUT2D eigenvalue weighted by Gasteiger charge is 2.18. The Morgan fingerprint density at radius 3 is 2.05 bits per heavy atom. The number of carbonyl (C=O) groups excluding carboxylic acids is 1. The Balaban J connectivity index is 2.97. The first-order chi connectivity index (χ1) is 8.96. The van der Waals surface area contributed by atoms with Gasteiger partial charge >= 0.3 is 0 Å². The van der Waals surface area contributed by atoms with E-state index in [1.807, 2.05) is 13.8 Å². The molecule has 0 saturated heterocycles. The molecular formula is C14H21NO3S. The van der Waals surface area contributed by atoms with Crippen LogP contribution in [0, 0.1) is 5.92 Å². The minimum atomic E-state index is -3.45. The molecule has 0 spiro atoms. The van der Waals surface area contributed by atoms with Gasteiger partial charge in [-0.15, -0.1) is 0 Å². The zero-order valence-electron chi connectivity index (χ0n) is 11.6. The van der Waals surface area contributed by atoms with E-state index in [4.69, 9.17) is 0 Å². The molecule has 106 valence electrons. The second-order valence-corrected chi connectivity index (χ2v) is 6.17. The number of sulfonamides is 1. The fourth-order valence-corrected chi connectivity index (χ4v) is 3.01. The average molecular weight is 283 g/mol. The lowest BCUT2D eigenvalue weighted by atomic mass is 9.93. The van der Waals surface area contributed by atoms with Gasteiger partial charge in [-0.05, 0) is 25.0 Å². The fourth-order valence-electron chi connectivity index (χ4n) is 1.97. The third kappa shape index (κ3) is 3.88. The number of ketones is 1. The van der Waals surface area contributed by atoms with Gasteiger partial charge in [0.1, 0.15) is 0 Å². The highest BCUT2D eigenvalue weighted by atomic mass is 32.2. The van der Waals surface area contributed by atoms with Crippen molar-refractivity contribution in [3.05, 3.63) is 29.8 Å². The van der Waals surface area contributed by atoms with Crippen LogP contribution in [0.3, 0.4) is 0 Å². The van der Waals surface area contributed by atoms with Gasteiger partial charge < -0.3 is 0 Å². The van der Waals surface area contributed by atoms with E-state index in [1.54, 1.807) is 19.1 Å². The van der Waals surface area contributed by atoms with Gasteiger partial charge in [0.25, 0.3) is 0 Å². The Morgan fingerprint density at radius 2 is 1.63 bits per heavy atom. The van der Waals surface area contributed by atoms with Crippen LogP contribution in [-0.4, -0.2) is 20.7 Å². The second kappa shape index (κ2) is 6.82. The molecule has 0 aliphatic heterocycles. The third-order valence-electron chi connectivity index (χ3n) is 3.14. The third-order valence-corrected chi connectivity index (χ3v) is 4.70. The number of nitrogens with one attached hydrogen (secondary N) is 1. The summed E-state index contributed by atoms with van der Waals surface area (Å²) in [7, 11) is -3.45. The minimum absolute atomic E-state index is 0.0104. The summed E-state index contributed by atoms with van der Waals surface area (Å²) in [6, 6.07) is 6.14. The molecule has 4 nitrogen and oxygen atoms in total. The molecule has 0 fully saturated rings. The molecule has 0 bridgehead atoms. The summed E-state index contributed by atoms with van der Waals surface area (Å²) in [5, 5.41) is 0. The molecule has 0 amide bonds. The molecule has 1 aromatic rings. The van der Waals surface area contributed by atoms with Gasteiger partial charge in [-0.25, -0.2) is 13.1 Å². The highest BCUT2D eigenvalue weighted by molar-refractivity contribution is 7.89. The second-order valence-electron chi connectivity index (χ2n) is 4.40. The van der Waals surface area contributed by atoms with Crippen molar-refractivity contribution in [2.24, 2.45) is 5.92 Å². The van der Waals surface area contributed by atoms with E-state index in [9.17, 15) is 13.2 Å². The first-order valence-corrected chi connectivity index (χ1v) is 8.08. The van der Waals surface area contributed by atoms with Crippen LogP contribution in [0.5, 0.6) is 0 Å². The number of rotatable bonds is 7. The monoisotopic (exact) mass is 283 g/mol. The predicted octanol–water partition coefficient (Wildman–Crippen LogP) is 2.60. The summed E-state index contributed by atoms with van der Waals surface area (Å²) >= 11 is 0. The number of hydrogen-bond acceptors (Lipinski definition) is 3. The van der Waals surface area contributed by atoms with E-state index >= 15 is 0 Å². The van der Waals surface area contributed by atoms with Crippen molar-refractivity contribution < 1.29 is 13.2 Å². The minimum Gasteiger partial charge on any atom is -0.294 e. The maximum absolute atomic E-state index is 12.1. The van der Waals surface area contributed by atoms with Crippen LogP contribution >= 0.6 is 0 Å². The molecule has 1 aromatic carbocycles. The Kier molecular flexibility index (Phi) is 5.69. The normalized spacial score (nSPS) is 11.8. The van der Waals surface area contributed by atoms with Crippen molar-refractivity contribution >= 4 is 15.8 Å². The van der Waals surface area contributed by atoms with Gasteiger partial charge in [-0.1, -0.05) is 32.9 Å². The van der Waals surface area contributed by atoms with Crippen LogP contribution < -0.4 is 4.72 Å². The number of hydrogen-bond donors (Lipinski definition) is 1. The molecule has 0 saturated carbocycles. The molecule has 0 aliphatic carbocycles. The molecule has 1 N–H and O–H groups in total. The molecular weight excluding hydrogens is 262 g/mol.